The number of hydrogen-bond donors (Lipinski definition) is 3. The van der Waals surface area contributed by atoms with Crippen molar-refractivity contribution < 1.29 is 19.1 Å². The van der Waals surface area contributed by atoms with E-state index in [0.29, 0.717) is 0 Å². The molecule has 7 heteroatoms. The number of H-pyrrole nitrogens is 1. The van der Waals surface area contributed by atoms with Gasteiger partial charge in [0.25, 0.3) is 5.91 Å². The molecule has 0 radical (unpaired) electrons. The Morgan fingerprint density at radius 2 is 2.31 bits per heavy atom. The third kappa shape index (κ3) is 1.92. The Labute approximate surface area is 89.1 Å². The number of anilines is 1. The van der Waals surface area contributed by atoms with Gasteiger partial charge in [-0.3, -0.25) is 10.1 Å². The summed E-state index contributed by atoms with van der Waals surface area (Å²) in [5, 5.41) is 11.0. The zero-order valence-electron chi connectivity index (χ0n) is 7.93. The van der Waals surface area contributed by atoms with Gasteiger partial charge in [0, 0.05) is 18.5 Å². The average Bonchev–Trinajstić information content (AvgIpc) is 2.86. The second-order valence-electron chi connectivity index (χ2n) is 2.90. The van der Waals surface area contributed by atoms with Crippen molar-refractivity contribution in [3.63, 3.8) is 0 Å². The molecule has 0 saturated carbocycles. The number of carbonyl (C=O) groups is 2. The van der Waals surface area contributed by atoms with Gasteiger partial charge in [-0.25, -0.2) is 9.78 Å². The molecule has 0 aromatic carbocycles. The molecule has 7 nitrogen and oxygen atoms in total. The number of hydrogen-bond acceptors (Lipinski definition) is 4. The smallest absolute Gasteiger partial charge is 0.338 e. The molecule has 16 heavy (non-hydrogen) atoms. The fraction of sp³-hybridized carbons (Fsp3) is 0. The lowest BCUT2D eigenvalue weighted by Crippen LogP contribution is -2.12. The Hall–Kier alpha value is -2.57. The summed E-state index contributed by atoms with van der Waals surface area (Å²) in [5.74, 6) is -1.55. The highest BCUT2D eigenvalue weighted by Gasteiger charge is 2.15. The highest BCUT2D eigenvalue weighted by atomic mass is 16.4. The van der Waals surface area contributed by atoms with Gasteiger partial charge < -0.3 is 14.5 Å². The largest absolute Gasteiger partial charge is 0.478 e. The van der Waals surface area contributed by atoms with Crippen molar-refractivity contribution in [1.82, 2.24) is 9.97 Å². The highest BCUT2D eigenvalue weighted by molar-refractivity contribution is 6.02. The Morgan fingerprint density at radius 1 is 1.50 bits per heavy atom. The predicted molar refractivity (Wildman–Crippen MR) is 52.2 cm³/mol. The Morgan fingerprint density at radius 3 is 2.88 bits per heavy atom. The molecule has 0 unspecified atom stereocenters. The molecule has 0 aliphatic rings. The van der Waals surface area contributed by atoms with E-state index in [1.807, 2.05) is 0 Å². The summed E-state index contributed by atoms with van der Waals surface area (Å²) in [6, 6.07) is 1.14. The number of carboxylic acid groups (broad SMARTS) is 1. The van der Waals surface area contributed by atoms with Crippen molar-refractivity contribution in [2.45, 2.75) is 0 Å². The van der Waals surface area contributed by atoms with Crippen LogP contribution in [0.4, 0.5) is 5.95 Å². The van der Waals surface area contributed by atoms with Crippen LogP contribution in [0.3, 0.4) is 0 Å². The first-order valence-electron chi connectivity index (χ1n) is 4.29. The van der Waals surface area contributed by atoms with Crippen molar-refractivity contribution in [2.75, 3.05) is 5.32 Å². The van der Waals surface area contributed by atoms with Gasteiger partial charge in [-0.1, -0.05) is 0 Å². The van der Waals surface area contributed by atoms with Gasteiger partial charge >= 0.3 is 5.97 Å². The lowest BCUT2D eigenvalue weighted by molar-refractivity contribution is 0.0696. The molecule has 0 aliphatic carbocycles. The molecule has 0 saturated heterocycles. The number of rotatable bonds is 3. The van der Waals surface area contributed by atoms with Gasteiger partial charge in [-0.2, -0.15) is 0 Å². The summed E-state index contributed by atoms with van der Waals surface area (Å²) < 4.78 is 4.80. The molecule has 0 spiro atoms. The third-order valence-corrected chi connectivity index (χ3v) is 1.80. The van der Waals surface area contributed by atoms with Crippen LogP contribution in [0, 0.1) is 0 Å². The second-order valence-corrected chi connectivity index (χ2v) is 2.90. The van der Waals surface area contributed by atoms with E-state index in [0.717, 1.165) is 12.3 Å². The van der Waals surface area contributed by atoms with Gasteiger partial charge in [0.15, 0.2) is 5.76 Å². The summed E-state index contributed by atoms with van der Waals surface area (Å²) >= 11 is 0. The molecule has 2 aromatic heterocycles. The third-order valence-electron chi connectivity index (χ3n) is 1.80. The lowest BCUT2D eigenvalue weighted by Gasteiger charge is -1.96. The van der Waals surface area contributed by atoms with E-state index in [9.17, 15) is 9.59 Å². The van der Waals surface area contributed by atoms with Crippen LogP contribution in [0.2, 0.25) is 0 Å². The number of furan rings is 1. The first-order chi connectivity index (χ1) is 7.66. The molecule has 0 fully saturated rings. The number of aromatic carboxylic acids is 1. The first kappa shape index (κ1) is 9.97. The standard InChI is InChI=1S/C9H7N3O4/c13-7(12-9-10-1-2-11-9)6-3-5(4-16-6)8(14)15/h1-4H,(H,14,15)(H2,10,11,12,13). The fourth-order valence-corrected chi connectivity index (χ4v) is 1.07. The summed E-state index contributed by atoms with van der Waals surface area (Å²) in [4.78, 5) is 28.5. The lowest BCUT2D eigenvalue weighted by atomic mass is 10.3. The molecule has 0 aliphatic heterocycles. The van der Waals surface area contributed by atoms with E-state index in [4.69, 9.17) is 9.52 Å². The molecule has 2 heterocycles. The van der Waals surface area contributed by atoms with Gasteiger partial charge in [-0.15, -0.1) is 0 Å². The topological polar surface area (TPSA) is 108 Å². The maximum atomic E-state index is 11.5. The summed E-state index contributed by atoms with van der Waals surface area (Å²) in [6.07, 6.45) is 4.01. The highest BCUT2D eigenvalue weighted by Crippen LogP contribution is 2.09. The number of nitrogens with zero attached hydrogens (tertiary/aromatic N) is 1. The van der Waals surface area contributed by atoms with Gasteiger partial charge in [0.1, 0.15) is 6.26 Å². The number of carboxylic acids is 1. The van der Waals surface area contributed by atoms with Crippen LogP contribution in [0.15, 0.2) is 29.1 Å². The summed E-state index contributed by atoms with van der Waals surface area (Å²) in [6.45, 7) is 0. The Balaban J connectivity index is 2.12. The van der Waals surface area contributed by atoms with E-state index in [1.54, 1.807) is 6.20 Å². The van der Waals surface area contributed by atoms with Crippen LogP contribution in [0.25, 0.3) is 0 Å². The van der Waals surface area contributed by atoms with Gasteiger partial charge in [0.2, 0.25) is 5.95 Å². The molecule has 0 atom stereocenters. The summed E-state index contributed by atoms with van der Waals surface area (Å²) in [7, 11) is 0. The fourth-order valence-electron chi connectivity index (χ4n) is 1.07. The van der Waals surface area contributed by atoms with Crippen LogP contribution in [-0.2, 0) is 0 Å². The molecule has 2 rings (SSSR count). The number of imidazole rings is 1. The monoisotopic (exact) mass is 221 g/mol. The van der Waals surface area contributed by atoms with Crippen LogP contribution < -0.4 is 5.32 Å². The Bertz CT molecular complexity index is 515. The van der Waals surface area contributed by atoms with Crippen molar-refractivity contribution >= 4 is 17.8 Å². The van der Waals surface area contributed by atoms with Crippen LogP contribution in [0.1, 0.15) is 20.9 Å². The quantitative estimate of drug-likeness (QED) is 0.715. The molecule has 0 bridgehead atoms. The number of carbonyl (C=O) groups excluding carboxylic acids is 1. The number of amides is 1. The zero-order chi connectivity index (χ0) is 11.5. The van der Waals surface area contributed by atoms with Gasteiger partial charge in [-0.05, 0) is 0 Å². The van der Waals surface area contributed by atoms with Crippen LogP contribution in [-0.4, -0.2) is 27.0 Å². The van der Waals surface area contributed by atoms with Crippen LogP contribution in [0.5, 0.6) is 0 Å². The van der Waals surface area contributed by atoms with Crippen molar-refractivity contribution in [3.8, 4) is 0 Å². The van der Waals surface area contributed by atoms with Gasteiger partial charge in [0.05, 0.1) is 5.56 Å². The number of nitrogens with one attached hydrogen (secondary N) is 2. The van der Waals surface area contributed by atoms with Crippen LogP contribution >= 0.6 is 0 Å². The van der Waals surface area contributed by atoms with Crippen molar-refractivity contribution in [2.24, 2.45) is 0 Å². The molecule has 1 amide bonds. The summed E-state index contributed by atoms with van der Waals surface area (Å²) in [5.41, 5.74) is -0.0791. The normalized spacial score (nSPS) is 10.0. The minimum absolute atomic E-state index is 0.0791. The van der Waals surface area contributed by atoms with Crippen molar-refractivity contribution in [3.05, 3.63) is 36.0 Å². The second kappa shape index (κ2) is 3.89. The van der Waals surface area contributed by atoms with E-state index < -0.39 is 11.9 Å². The minimum Gasteiger partial charge on any atom is -0.478 e. The predicted octanol–water partition coefficient (Wildman–Crippen LogP) is 0.953. The molecular weight excluding hydrogens is 214 g/mol. The van der Waals surface area contributed by atoms with E-state index in [-0.39, 0.29) is 17.3 Å². The van der Waals surface area contributed by atoms with E-state index >= 15 is 0 Å². The van der Waals surface area contributed by atoms with E-state index in [2.05, 4.69) is 15.3 Å². The molecule has 82 valence electrons. The van der Waals surface area contributed by atoms with E-state index in [1.165, 1.54) is 6.20 Å². The molecule has 3 N–H and O–H groups in total. The number of aromatic amines is 1. The minimum atomic E-state index is -1.15. The average molecular weight is 221 g/mol. The maximum absolute atomic E-state index is 11.5. The molecular formula is C9H7N3O4. The van der Waals surface area contributed by atoms with Crippen molar-refractivity contribution in [1.29, 1.82) is 0 Å². The number of aromatic nitrogens is 2. The zero-order valence-corrected chi connectivity index (χ0v) is 7.93. The Kier molecular flexibility index (Phi) is 2.42. The first-order valence-corrected chi connectivity index (χ1v) is 4.29. The molecule has 2 aromatic rings. The maximum Gasteiger partial charge on any atom is 0.338 e. The SMILES string of the molecule is O=C(O)c1coc(C(=O)Nc2ncc[nH]2)c1.